The van der Waals surface area contributed by atoms with Gasteiger partial charge in [-0.15, -0.1) is 0 Å². The van der Waals surface area contributed by atoms with Crippen molar-refractivity contribution in [3.8, 4) is 11.3 Å². The maximum atomic E-state index is 13.5. The third-order valence-corrected chi connectivity index (χ3v) is 2.77. The van der Waals surface area contributed by atoms with Crippen LogP contribution in [-0.4, -0.2) is 10.2 Å². The van der Waals surface area contributed by atoms with E-state index >= 15 is 0 Å². The molecule has 1 aromatic carbocycles. The van der Waals surface area contributed by atoms with Gasteiger partial charge in [0.1, 0.15) is 5.82 Å². The van der Waals surface area contributed by atoms with Crippen LogP contribution in [0, 0.1) is 23.3 Å². The van der Waals surface area contributed by atoms with Crippen molar-refractivity contribution in [1.29, 1.82) is 0 Å². The summed E-state index contributed by atoms with van der Waals surface area (Å²) >= 11 is 2.41. The standard InChI is InChI=1S/C9H4BrF4N3/c10-5-8(13)6(11)4(7(12)9(5)14)2-1-3(15)17-16-2/h1H,(H3,15,16,17). The van der Waals surface area contributed by atoms with Crippen molar-refractivity contribution in [3.63, 3.8) is 0 Å². The van der Waals surface area contributed by atoms with E-state index in [1.165, 1.54) is 0 Å². The number of halogens is 5. The quantitative estimate of drug-likeness (QED) is 0.483. The number of benzene rings is 1. The molecule has 0 saturated heterocycles. The van der Waals surface area contributed by atoms with E-state index in [2.05, 4.69) is 26.1 Å². The number of hydrogen-bond donors (Lipinski definition) is 2. The van der Waals surface area contributed by atoms with E-state index in [9.17, 15) is 17.6 Å². The molecule has 2 aromatic rings. The van der Waals surface area contributed by atoms with Gasteiger partial charge < -0.3 is 5.73 Å². The molecule has 0 unspecified atom stereocenters. The second-order valence-corrected chi connectivity index (χ2v) is 3.94. The largest absolute Gasteiger partial charge is 0.382 e. The first kappa shape index (κ1) is 11.9. The van der Waals surface area contributed by atoms with Crippen LogP contribution in [0.3, 0.4) is 0 Å². The van der Waals surface area contributed by atoms with Gasteiger partial charge in [0.2, 0.25) is 0 Å². The molecular formula is C9H4BrF4N3. The first-order valence-electron chi connectivity index (χ1n) is 4.26. The number of hydrogen-bond acceptors (Lipinski definition) is 2. The highest BCUT2D eigenvalue weighted by atomic mass is 79.9. The average Bonchev–Trinajstić information content (AvgIpc) is 2.71. The Balaban J connectivity index is 2.78. The highest BCUT2D eigenvalue weighted by Gasteiger charge is 2.25. The minimum absolute atomic E-state index is 0.0532. The number of nitrogen functional groups attached to an aromatic ring is 1. The Hall–Kier alpha value is -1.57. The van der Waals surface area contributed by atoms with E-state index in [4.69, 9.17) is 5.73 Å². The van der Waals surface area contributed by atoms with E-state index in [1.54, 1.807) is 0 Å². The minimum Gasteiger partial charge on any atom is -0.382 e. The molecule has 0 amide bonds. The van der Waals surface area contributed by atoms with Gasteiger partial charge >= 0.3 is 0 Å². The molecule has 0 aliphatic rings. The van der Waals surface area contributed by atoms with Crippen LogP contribution in [0.1, 0.15) is 0 Å². The highest BCUT2D eigenvalue weighted by molar-refractivity contribution is 9.10. The Kier molecular flexibility index (Phi) is 2.82. The van der Waals surface area contributed by atoms with Gasteiger partial charge in [0, 0.05) is 6.07 Å². The Bertz CT molecular complexity index is 567. The van der Waals surface area contributed by atoms with Gasteiger partial charge in [-0.3, -0.25) is 5.10 Å². The summed E-state index contributed by atoms with van der Waals surface area (Å²) in [6.07, 6.45) is 0. The summed E-state index contributed by atoms with van der Waals surface area (Å²) in [5, 5.41) is 5.59. The van der Waals surface area contributed by atoms with Crippen molar-refractivity contribution in [2.24, 2.45) is 0 Å². The number of nitrogens with one attached hydrogen (secondary N) is 1. The monoisotopic (exact) mass is 309 g/mol. The first-order valence-corrected chi connectivity index (χ1v) is 5.05. The molecule has 0 aliphatic heterocycles. The molecule has 0 radical (unpaired) electrons. The van der Waals surface area contributed by atoms with Gasteiger partial charge in [-0.2, -0.15) is 5.10 Å². The number of nitrogens with two attached hydrogens (primary N) is 1. The van der Waals surface area contributed by atoms with E-state index in [0.717, 1.165) is 6.07 Å². The number of aromatic amines is 1. The van der Waals surface area contributed by atoms with E-state index in [0.29, 0.717) is 0 Å². The normalized spacial score (nSPS) is 10.9. The maximum Gasteiger partial charge on any atom is 0.176 e. The second kappa shape index (κ2) is 4.02. The lowest BCUT2D eigenvalue weighted by Gasteiger charge is -2.06. The Labute approximate surface area is 101 Å². The van der Waals surface area contributed by atoms with Gasteiger partial charge in [-0.1, -0.05) is 0 Å². The van der Waals surface area contributed by atoms with Crippen LogP contribution in [0.4, 0.5) is 23.4 Å². The van der Waals surface area contributed by atoms with Crippen molar-refractivity contribution in [2.45, 2.75) is 0 Å². The summed E-state index contributed by atoms with van der Waals surface area (Å²) in [7, 11) is 0. The van der Waals surface area contributed by atoms with Gasteiger partial charge in [0.15, 0.2) is 23.3 Å². The summed E-state index contributed by atoms with van der Waals surface area (Å²) in [5.74, 6) is -6.15. The molecule has 0 bridgehead atoms. The Morgan fingerprint density at radius 1 is 1.06 bits per heavy atom. The molecular weight excluding hydrogens is 306 g/mol. The molecule has 3 nitrogen and oxygen atoms in total. The molecule has 0 spiro atoms. The Morgan fingerprint density at radius 3 is 2.00 bits per heavy atom. The summed E-state index contributed by atoms with van der Waals surface area (Å²) in [5.41, 5.74) is 4.11. The SMILES string of the molecule is Nc1cc(-c2c(F)c(F)c(Br)c(F)c2F)[nH]n1. The summed E-state index contributed by atoms with van der Waals surface area (Å²) in [4.78, 5) is 0. The van der Waals surface area contributed by atoms with E-state index in [-0.39, 0.29) is 11.5 Å². The predicted molar refractivity (Wildman–Crippen MR) is 56.0 cm³/mol. The zero-order chi connectivity index (χ0) is 12.7. The summed E-state index contributed by atoms with van der Waals surface area (Å²) < 4.78 is 52.6. The number of H-pyrrole nitrogens is 1. The van der Waals surface area contributed by atoms with Crippen LogP contribution in [0.5, 0.6) is 0 Å². The predicted octanol–water partition coefficient (Wildman–Crippen LogP) is 2.98. The topological polar surface area (TPSA) is 54.7 Å². The van der Waals surface area contributed by atoms with Crippen molar-refractivity contribution in [2.75, 3.05) is 5.73 Å². The van der Waals surface area contributed by atoms with Crippen molar-refractivity contribution >= 4 is 21.7 Å². The minimum atomic E-state index is -1.53. The first-order chi connectivity index (χ1) is 7.93. The third kappa shape index (κ3) is 1.78. The molecule has 3 N–H and O–H groups in total. The molecule has 1 aromatic heterocycles. The van der Waals surface area contributed by atoms with E-state index in [1.807, 2.05) is 0 Å². The third-order valence-electron chi connectivity index (χ3n) is 2.08. The molecule has 90 valence electrons. The van der Waals surface area contributed by atoms with Crippen LogP contribution in [0.15, 0.2) is 10.5 Å². The van der Waals surface area contributed by atoms with Crippen LogP contribution >= 0.6 is 15.9 Å². The molecule has 0 aliphatic carbocycles. The van der Waals surface area contributed by atoms with Crippen LogP contribution in [0.25, 0.3) is 11.3 Å². The van der Waals surface area contributed by atoms with E-state index < -0.39 is 33.3 Å². The van der Waals surface area contributed by atoms with Crippen molar-refractivity contribution < 1.29 is 17.6 Å². The maximum absolute atomic E-state index is 13.5. The smallest absolute Gasteiger partial charge is 0.176 e. The number of rotatable bonds is 1. The molecule has 17 heavy (non-hydrogen) atoms. The lowest BCUT2D eigenvalue weighted by atomic mass is 10.1. The zero-order valence-electron chi connectivity index (χ0n) is 7.99. The molecule has 0 fully saturated rings. The van der Waals surface area contributed by atoms with Crippen LogP contribution in [0.2, 0.25) is 0 Å². The van der Waals surface area contributed by atoms with Crippen molar-refractivity contribution in [1.82, 2.24) is 10.2 Å². The fourth-order valence-corrected chi connectivity index (χ4v) is 1.65. The van der Waals surface area contributed by atoms with Gasteiger partial charge in [-0.05, 0) is 15.9 Å². The molecule has 2 rings (SSSR count). The van der Waals surface area contributed by atoms with Crippen LogP contribution < -0.4 is 5.73 Å². The molecule has 0 saturated carbocycles. The van der Waals surface area contributed by atoms with Crippen molar-refractivity contribution in [3.05, 3.63) is 33.8 Å². The average molecular weight is 310 g/mol. The van der Waals surface area contributed by atoms with Crippen LogP contribution in [-0.2, 0) is 0 Å². The van der Waals surface area contributed by atoms with Gasteiger partial charge in [-0.25, -0.2) is 17.6 Å². The molecule has 8 heteroatoms. The zero-order valence-corrected chi connectivity index (χ0v) is 9.58. The summed E-state index contributed by atoms with van der Waals surface area (Å²) in [6.45, 7) is 0. The lowest BCUT2D eigenvalue weighted by Crippen LogP contribution is -2.01. The second-order valence-electron chi connectivity index (χ2n) is 3.15. The highest BCUT2D eigenvalue weighted by Crippen LogP contribution is 2.33. The number of anilines is 1. The molecule has 1 heterocycles. The fourth-order valence-electron chi connectivity index (χ4n) is 1.31. The van der Waals surface area contributed by atoms with Gasteiger partial charge in [0.25, 0.3) is 0 Å². The van der Waals surface area contributed by atoms with Gasteiger partial charge in [0.05, 0.1) is 15.7 Å². The molecule has 0 atom stereocenters. The number of nitrogens with zero attached hydrogens (tertiary/aromatic N) is 1. The lowest BCUT2D eigenvalue weighted by molar-refractivity contribution is 0.450. The number of aromatic nitrogens is 2. The Morgan fingerprint density at radius 2 is 1.59 bits per heavy atom. The summed E-state index contributed by atoms with van der Waals surface area (Å²) in [6, 6.07) is 1.06. The fraction of sp³-hybridized carbons (Fsp3) is 0.